The third-order valence-corrected chi connectivity index (χ3v) is 3.88. The highest BCUT2D eigenvalue weighted by molar-refractivity contribution is 5.97. The average molecular weight is 311 g/mol. The van der Waals surface area contributed by atoms with Crippen LogP contribution in [0, 0.1) is 19.8 Å². The summed E-state index contributed by atoms with van der Waals surface area (Å²) >= 11 is 0. The second kappa shape index (κ2) is 6.24. The number of carbonyl (C=O) groups excluding carboxylic acids is 1. The molecule has 0 saturated carbocycles. The van der Waals surface area contributed by atoms with E-state index in [2.05, 4.69) is 33.4 Å². The lowest BCUT2D eigenvalue weighted by Gasteiger charge is -2.14. The van der Waals surface area contributed by atoms with Gasteiger partial charge in [0, 0.05) is 24.3 Å². The van der Waals surface area contributed by atoms with Gasteiger partial charge in [0.1, 0.15) is 0 Å². The summed E-state index contributed by atoms with van der Waals surface area (Å²) in [4.78, 5) is 19.4. The Balaban J connectivity index is 1.58. The molecule has 3 rings (SSSR count). The van der Waals surface area contributed by atoms with E-state index in [1.807, 2.05) is 30.7 Å². The van der Waals surface area contributed by atoms with Crippen LogP contribution < -0.4 is 5.32 Å². The number of aryl methyl sites for hydroxylation is 2. The van der Waals surface area contributed by atoms with Crippen molar-refractivity contribution in [1.82, 2.24) is 25.1 Å². The predicted octanol–water partition coefficient (Wildman–Crippen LogP) is 2.44. The molecule has 23 heavy (non-hydrogen) atoms. The Labute approximate surface area is 134 Å². The molecule has 2 N–H and O–H groups in total. The van der Waals surface area contributed by atoms with Gasteiger partial charge in [-0.2, -0.15) is 5.10 Å². The molecule has 0 bridgehead atoms. The third kappa shape index (κ3) is 3.41. The van der Waals surface area contributed by atoms with Crippen LogP contribution in [0.15, 0.2) is 30.6 Å². The molecule has 2 aromatic heterocycles. The van der Waals surface area contributed by atoms with E-state index in [1.165, 1.54) is 0 Å². The summed E-state index contributed by atoms with van der Waals surface area (Å²) in [6.07, 6.45) is 1.63. The van der Waals surface area contributed by atoms with E-state index < -0.39 is 0 Å². The normalized spacial score (nSPS) is 12.5. The SMILES string of the molecule is Cc1cc(C)n(CC(C)CNC(=O)c2ccc3nc[nH]c3c2)n1. The number of aromatic nitrogens is 4. The lowest BCUT2D eigenvalue weighted by atomic mass is 10.1. The zero-order valence-electron chi connectivity index (χ0n) is 13.6. The number of rotatable bonds is 5. The first kappa shape index (κ1) is 15.3. The standard InChI is InChI=1S/C17H21N5O/c1-11(9-22-13(3)6-12(2)21-22)8-18-17(23)14-4-5-15-16(7-14)20-10-19-15/h4-7,10-11H,8-9H2,1-3H3,(H,18,23)(H,19,20). The van der Waals surface area contributed by atoms with Crippen molar-refractivity contribution in [2.45, 2.75) is 27.3 Å². The van der Waals surface area contributed by atoms with Gasteiger partial charge < -0.3 is 10.3 Å². The predicted molar refractivity (Wildman–Crippen MR) is 89.3 cm³/mol. The summed E-state index contributed by atoms with van der Waals surface area (Å²) in [6.45, 7) is 7.54. The van der Waals surface area contributed by atoms with Gasteiger partial charge >= 0.3 is 0 Å². The van der Waals surface area contributed by atoms with Crippen LogP contribution in [0.5, 0.6) is 0 Å². The van der Waals surface area contributed by atoms with Crippen molar-refractivity contribution >= 4 is 16.9 Å². The second-order valence-electron chi connectivity index (χ2n) is 6.06. The summed E-state index contributed by atoms with van der Waals surface area (Å²) in [5.74, 6) is 0.231. The number of nitrogens with one attached hydrogen (secondary N) is 2. The molecule has 3 aromatic rings. The Morgan fingerprint density at radius 3 is 2.91 bits per heavy atom. The molecule has 0 spiro atoms. The first-order chi connectivity index (χ1) is 11.0. The summed E-state index contributed by atoms with van der Waals surface area (Å²) in [6, 6.07) is 7.53. The molecule has 0 fully saturated rings. The second-order valence-corrected chi connectivity index (χ2v) is 6.06. The Bertz CT molecular complexity index is 832. The molecule has 1 unspecified atom stereocenters. The maximum atomic E-state index is 12.3. The molecule has 2 heterocycles. The molecule has 0 radical (unpaired) electrons. The summed E-state index contributed by atoms with van der Waals surface area (Å²) in [5, 5.41) is 7.44. The molecule has 1 amide bonds. The molecule has 0 aliphatic rings. The number of hydrogen-bond donors (Lipinski definition) is 2. The third-order valence-electron chi connectivity index (χ3n) is 3.88. The van der Waals surface area contributed by atoms with Gasteiger partial charge in [0.2, 0.25) is 0 Å². The van der Waals surface area contributed by atoms with Crippen LogP contribution in [-0.2, 0) is 6.54 Å². The van der Waals surface area contributed by atoms with Gasteiger partial charge in [-0.05, 0) is 44.0 Å². The maximum absolute atomic E-state index is 12.3. The van der Waals surface area contributed by atoms with Crippen molar-refractivity contribution in [3.63, 3.8) is 0 Å². The van der Waals surface area contributed by atoms with Crippen LogP contribution in [0.1, 0.15) is 28.7 Å². The molecule has 0 aliphatic heterocycles. The molecule has 6 heteroatoms. The van der Waals surface area contributed by atoms with Crippen LogP contribution in [0.4, 0.5) is 0 Å². The number of H-pyrrole nitrogens is 1. The summed E-state index contributed by atoms with van der Waals surface area (Å²) < 4.78 is 1.99. The van der Waals surface area contributed by atoms with E-state index in [0.717, 1.165) is 29.0 Å². The number of nitrogens with zero attached hydrogens (tertiary/aromatic N) is 3. The lowest BCUT2D eigenvalue weighted by molar-refractivity contribution is 0.0946. The highest BCUT2D eigenvalue weighted by Gasteiger charge is 2.11. The number of imidazole rings is 1. The quantitative estimate of drug-likeness (QED) is 0.760. The van der Waals surface area contributed by atoms with Gasteiger partial charge in [-0.15, -0.1) is 0 Å². The first-order valence-corrected chi connectivity index (χ1v) is 7.75. The van der Waals surface area contributed by atoms with Crippen molar-refractivity contribution in [3.05, 3.63) is 47.5 Å². The number of benzene rings is 1. The minimum absolute atomic E-state index is 0.0679. The Hall–Kier alpha value is -2.63. The fourth-order valence-electron chi connectivity index (χ4n) is 2.67. The molecule has 1 atom stereocenters. The topological polar surface area (TPSA) is 75.6 Å². The van der Waals surface area contributed by atoms with Gasteiger partial charge in [-0.25, -0.2) is 4.98 Å². The number of hydrogen-bond acceptors (Lipinski definition) is 3. The molecular weight excluding hydrogens is 290 g/mol. The molecule has 120 valence electrons. The zero-order valence-corrected chi connectivity index (χ0v) is 13.6. The van der Waals surface area contributed by atoms with Crippen LogP contribution in [0.25, 0.3) is 11.0 Å². The maximum Gasteiger partial charge on any atom is 0.251 e. The van der Waals surface area contributed by atoms with Gasteiger partial charge in [-0.1, -0.05) is 6.92 Å². The minimum Gasteiger partial charge on any atom is -0.352 e. The minimum atomic E-state index is -0.0679. The fourth-order valence-corrected chi connectivity index (χ4v) is 2.67. The fraction of sp³-hybridized carbons (Fsp3) is 0.353. The summed E-state index contributed by atoms with van der Waals surface area (Å²) in [5.41, 5.74) is 4.53. The zero-order chi connectivity index (χ0) is 16.4. The van der Waals surface area contributed by atoms with E-state index in [-0.39, 0.29) is 5.91 Å². The van der Waals surface area contributed by atoms with Gasteiger partial charge in [0.25, 0.3) is 5.91 Å². The van der Waals surface area contributed by atoms with Gasteiger partial charge in [0.05, 0.1) is 23.1 Å². The highest BCUT2D eigenvalue weighted by Crippen LogP contribution is 2.12. The monoisotopic (exact) mass is 311 g/mol. The molecule has 6 nitrogen and oxygen atoms in total. The number of aromatic amines is 1. The Morgan fingerprint density at radius 2 is 2.17 bits per heavy atom. The Kier molecular flexibility index (Phi) is 4.14. The van der Waals surface area contributed by atoms with Crippen molar-refractivity contribution in [2.75, 3.05) is 6.54 Å². The van der Waals surface area contributed by atoms with E-state index in [4.69, 9.17) is 0 Å². The number of fused-ring (bicyclic) bond motifs is 1. The van der Waals surface area contributed by atoms with E-state index in [9.17, 15) is 4.79 Å². The van der Waals surface area contributed by atoms with Crippen LogP contribution in [0.2, 0.25) is 0 Å². The Morgan fingerprint density at radius 1 is 1.35 bits per heavy atom. The smallest absolute Gasteiger partial charge is 0.251 e. The van der Waals surface area contributed by atoms with E-state index in [1.54, 1.807) is 12.4 Å². The largest absolute Gasteiger partial charge is 0.352 e. The van der Waals surface area contributed by atoms with E-state index in [0.29, 0.717) is 18.0 Å². The van der Waals surface area contributed by atoms with Gasteiger partial charge in [0.15, 0.2) is 0 Å². The van der Waals surface area contributed by atoms with Crippen molar-refractivity contribution in [3.8, 4) is 0 Å². The van der Waals surface area contributed by atoms with Crippen molar-refractivity contribution in [1.29, 1.82) is 0 Å². The average Bonchev–Trinajstić information content (AvgIpc) is 3.10. The number of amides is 1. The first-order valence-electron chi connectivity index (χ1n) is 7.75. The van der Waals surface area contributed by atoms with E-state index >= 15 is 0 Å². The molecule has 0 aliphatic carbocycles. The lowest BCUT2D eigenvalue weighted by Crippen LogP contribution is -2.30. The number of carbonyl (C=O) groups is 1. The van der Waals surface area contributed by atoms with Crippen molar-refractivity contribution in [2.24, 2.45) is 5.92 Å². The molecular formula is C17H21N5O. The summed E-state index contributed by atoms with van der Waals surface area (Å²) in [7, 11) is 0. The van der Waals surface area contributed by atoms with Gasteiger partial charge in [-0.3, -0.25) is 9.48 Å². The van der Waals surface area contributed by atoms with Crippen molar-refractivity contribution < 1.29 is 4.79 Å². The van der Waals surface area contributed by atoms with Crippen LogP contribution >= 0.6 is 0 Å². The van der Waals surface area contributed by atoms with Crippen LogP contribution in [-0.4, -0.2) is 32.2 Å². The molecule has 0 saturated heterocycles. The molecule has 1 aromatic carbocycles. The highest BCUT2D eigenvalue weighted by atomic mass is 16.1. The van der Waals surface area contributed by atoms with Crippen LogP contribution in [0.3, 0.4) is 0 Å².